The number of carbonyl (C=O) groups excluding carboxylic acids is 4. The van der Waals surface area contributed by atoms with Crippen LogP contribution in [0.5, 0.6) is 0 Å². The average Bonchev–Trinajstić information content (AvgIpc) is 3.11. The summed E-state index contributed by atoms with van der Waals surface area (Å²) in [6.45, 7) is 14.8. The molecule has 0 aromatic heterocycles. The van der Waals surface area contributed by atoms with E-state index in [9.17, 15) is 19.2 Å². The fourth-order valence-electron chi connectivity index (χ4n) is 6.50. The van der Waals surface area contributed by atoms with Crippen molar-refractivity contribution < 1.29 is 38.1 Å². The van der Waals surface area contributed by atoms with Crippen molar-refractivity contribution in [3.63, 3.8) is 0 Å². The first-order valence-corrected chi connectivity index (χ1v) is 13.2. The maximum atomic E-state index is 13.9. The third kappa shape index (κ3) is 5.54. The molecule has 1 unspecified atom stereocenters. The number of hydrogen-bond donors (Lipinski definition) is 0. The quantitative estimate of drug-likeness (QED) is 0.403. The van der Waals surface area contributed by atoms with Crippen molar-refractivity contribution in [1.29, 1.82) is 0 Å². The molecule has 0 aromatic rings. The van der Waals surface area contributed by atoms with E-state index in [1.807, 2.05) is 34.6 Å². The van der Waals surface area contributed by atoms with Crippen LogP contribution in [0.4, 0.5) is 0 Å². The molecular formula is C28H46O8. The highest BCUT2D eigenvalue weighted by Crippen LogP contribution is 2.48. The lowest BCUT2D eigenvalue weighted by Gasteiger charge is -2.43. The van der Waals surface area contributed by atoms with Gasteiger partial charge in [-0.25, -0.2) is 0 Å². The lowest BCUT2D eigenvalue weighted by molar-refractivity contribution is -0.184. The van der Waals surface area contributed by atoms with Crippen molar-refractivity contribution in [2.75, 3.05) is 20.8 Å². The Morgan fingerprint density at radius 2 is 1.53 bits per heavy atom. The normalized spacial score (nSPS) is 42.9. The van der Waals surface area contributed by atoms with E-state index in [0.717, 1.165) is 0 Å². The fourth-order valence-corrected chi connectivity index (χ4v) is 6.50. The van der Waals surface area contributed by atoms with Gasteiger partial charge in [-0.3, -0.25) is 19.2 Å². The zero-order valence-corrected chi connectivity index (χ0v) is 23.7. The number of hydrogen-bond acceptors (Lipinski definition) is 8. The predicted molar refractivity (Wildman–Crippen MR) is 134 cm³/mol. The predicted octanol–water partition coefficient (Wildman–Crippen LogP) is 4.02. The lowest BCUT2D eigenvalue weighted by Crippen LogP contribution is -2.53. The van der Waals surface area contributed by atoms with Crippen LogP contribution in [0.2, 0.25) is 0 Å². The molecule has 8 nitrogen and oxygen atoms in total. The SMILES string of the molecule is CC[C@H]1OC(=O)[C@H](C)C(=O)[C@H](C)[C@@H](C)[C@](C)(OC)C[C@@H](C)C(=O)[C@H](C)[C@H]2C(CCOC)C(=O)O[C@@]21C. The molecular weight excluding hydrogens is 464 g/mol. The second-order valence-corrected chi connectivity index (χ2v) is 11.4. The zero-order valence-electron chi connectivity index (χ0n) is 23.7. The minimum absolute atomic E-state index is 0.00648. The van der Waals surface area contributed by atoms with Gasteiger partial charge in [0.15, 0.2) is 5.60 Å². The third-order valence-electron chi connectivity index (χ3n) is 9.21. The average molecular weight is 511 g/mol. The summed E-state index contributed by atoms with van der Waals surface area (Å²) in [4.78, 5) is 53.5. The highest BCUT2D eigenvalue weighted by molar-refractivity contribution is 6.00. The summed E-state index contributed by atoms with van der Waals surface area (Å²) in [5.74, 6) is -5.07. The van der Waals surface area contributed by atoms with Gasteiger partial charge in [0.25, 0.3) is 0 Å². The summed E-state index contributed by atoms with van der Waals surface area (Å²) in [5, 5.41) is 0. The summed E-state index contributed by atoms with van der Waals surface area (Å²) < 4.78 is 23.0. The largest absolute Gasteiger partial charge is 0.458 e. The molecule has 0 bridgehead atoms. The second kappa shape index (κ2) is 11.7. The molecule has 0 N–H and O–H groups in total. The summed E-state index contributed by atoms with van der Waals surface area (Å²) >= 11 is 0. The molecule has 2 aliphatic rings. The van der Waals surface area contributed by atoms with Gasteiger partial charge in [0.1, 0.15) is 23.6 Å². The van der Waals surface area contributed by atoms with Gasteiger partial charge in [-0.1, -0.05) is 34.6 Å². The second-order valence-electron chi connectivity index (χ2n) is 11.4. The lowest BCUT2D eigenvalue weighted by atomic mass is 9.66. The van der Waals surface area contributed by atoms with Gasteiger partial charge in [-0.2, -0.15) is 0 Å². The van der Waals surface area contributed by atoms with E-state index in [-0.39, 0.29) is 23.4 Å². The number of esters is 2. The van der Waals surface area contributed by atoms with Crippen LogP contribution < -0.4 is 0 Å². The standard InChI is InChI=1S/C28H46O8/c1-11-21-28(8)22(20(12-13-33-9)26(32)36-28)17(4)23(29)15(2)14-27(7,34-10)19(6)16(3)24(30)18(5)25(31)35-21/h15-22H,11-14H2,1-10H3/t15-,16-,17-,18-,19-,20?,21-,22+,27-,28-/m1/s1. The number of rotatable bonds is 5. The van der Waals surface area contributed by atoms with Gasteiger partial charge < -0.3 is 18.9 Å². The van der Waals surface area contributed by atoms with Crippen LogP contribution in [0.3, 0.4) is 0 Å². The molecule has 36 heavy (non-hydrogen) atoms. The maximum Gasteiger partial charge on any atom is 0.316 e. The van der Waals surface area contributed by atoms with Crippen LogP contribution in [-0.4, -0.2) is 61.6 Å². The highest BCUT2D eigenvalue weighted by Gasteiger charge is 2.60. The molecule has 2 saturated heterocycles. The first-order valence-electron chi connectivity index (χ1n) is 13.2. The number of fused-ring (bicyclic) bond motifs is 1. The van der Waals surface area contributed by atoms with E-state index in [1.165, 1.54) is 0 Å². The van der Waals surface area contributed by atoms with Crippen LogP contribution in [0.25, 0.3) is 0 Å². The Morgan fingerprint density at radius 1 is 0.917 bits per heavy atom. The van der Waals surface area contributed by atoms with E-state index in [0.29, 0.717) is 25.9 Å². The van der Waals surface area contributed by atoms with Crippen LogP contribution in [-0.2, 0) is 38.1 Å². The van der Waals surface area contributed by atoms with Crippen molar-refractivity contribution in [2.24, 2.45) is 41.4 Å². The Labute approximate surface area is 216 Å². The molecule has 2 fully saturated rings. The number of ketones is 2. The van der Waals surface area contributed by atoms with Crippen molar-refractivity contribution in [1.82, 2.24) is 0 Å². The number of Topliss-reactive ketones (excluding diaryl/α,β-unsaturated/α-hetero) is 2. The van der Waals surface area contributed by atoms with Crippen molar-refractivity contribution in [3.8, 4) is 0 Å². The van der Waals surface area contributed by atoms with Crippen LogP contribution in [0.1, 0.15) is 74.7 Å². The summed E-state index contributed by atoms with van der Waals surface area (Å²) in [5.41, 5.74) is -1.99. The molecule has 2 heterocycles. The minimum Gasteiger partial charge on any atom is -0.458 e. The van der Waals surface area contributed by atoms with Gasteiger partial charge in [0.2, 0.25) is 0 Å². The molecule has 0 aromatic carbocycles. The molecule has 8 heteroatoms. The maximum absolute atomic E-state index is 13.9. The Morgan fingerprint density at radius 3 is 2.06 bits per heavy atom. The number of cyclic esters (lactones) is 1. The van der Waals surface area contributed by atoms with Gasteiger partial charge >= 0.3 is 11.9 Å². The summed E-state index contributed by atoms with van der Waals surface area (Å²) in [6, 6.07) is 0. The van der Waals surface area contributed by atoms with Crippen LogP contribution in [0, 0.1) is 41.4 Å². The molecule has 2 rings (SSSR count). The number of ether oxygens (including phenoxy) is 4. The van der Waals surface area contributed by atoms with E-state index < -0.39 is 58.8 Å². The zero-order chi connectivity index (χ0) is 27.6. The van der Waals surface area contributed by atoms with Gasteiger partial charge in [0, 0.05) is 44.5 Å². The van der Waals surface area contributed by atoms with E-state index in [4.69, 9.17) is 18.9 Å². The number of methoxy groups -OCH3 is 2. The Bertz CT molecular complexity index is 839. The Hall–Kier alpha value is -1.80. The van der Waals surface area contributed by atoms with E-state index in [1.54, 1.807) is 35.0 Å². The first kappa shape index (κ1) is 30.4. The molecule has 206 valence electrons. The first-order chi connectivity index (χ1) is 16.7. The van der Waals surface area contributed by atoms with Crippen molar-refractivity contribution in [3.05, 3.63) is 0 Å². The molecule has 0 aliphatic carbocycles. The fraction of sp³-hybridized carbons (Fsp3) is 0.857. The molecule has 2 aliphatic heterocycles. The van der Waals surface area contributed by atoms with Gasteiger partial charge in [-0.15, -0.1) is 0 Å². The van der Waals surface area contributed by atoms with Crippen molar-refractivity contribution in [2.45, 2.75) is 92.0 Å². The van der Waals surface area contributed by atoms with E-state index in [2.05, 4.69) is 0 Å². The molecule has 0 amide bonds. The topological polar surface area (TPSA) is 105 Å². The third-order valence-corrected chi connectivity index (χ3v) is 9.21. The molecule has 0 spiro atoms. The van der Waals surface area contributed by atoms with Gasteiger partial charge in [-0.05, 0) is 46.0 Å². The smallest absolute Gasteiger partial charge is 0.316 e. The van der Waals surface area contributed by atoms with E-state index >= 15 is 0 Å². The Balaban J connectivity index is 2.65. The van der Waals surface area contributed by atoms with Crippen LogP contribution in [0.15, 0.2) is 0 Å². The highest BCUT2D eigenvalue weighted by atomic mass is 16.6. The minimum atomic E-state index is -1.22. The van der Waals surface area contributed by atoms with Crippen LogP contribution >= 0.6 is 0 Å². The Kier molecular flexibility index (Phi) is 9.90. The van der Waals surface area contributed by atoms with Gasteiger partial charge in [0.05, 0.1) is 11.5 Å². The molecule has 0 saturated carbocycles. The number of carbonyl (C=O) groups is 4. The van der Waals surface area contributed by atoms with Crippen molar-refractivity contribution >= 4 is 23.5 Å². The monoisotopic (exact) mass is 510 g/mol. The summed E-state index contributed by atoms with van der Waals surface area (Å²) in [7, 11) is 3.15. The molecule has 0 radical (unpaired) electrons. The molecule has 10 atom stereocenters. The summed E-state index contributed by atoms with van der Waals surface area (Å²) in [6.07, 6.45) is 0.370.